The quantitative estimate of drug-likeness (QED) is 0.871. The summed E-state index contributed by atoms with van der Waals surface area (Å²) in [5.74, 6) is -0.274. The summed E-state index contributed by atoms with van der Waals surface area (Å²) in [4.78, 5) is 16.2. The molecule has 0 bridgehead atoms. The molecular weight excluding hydrogens is 283 g/mol. The first-order valence-electron chi connectivity index (χ1n) is 7.51. The van der Waals surface area contributed by atoms with E-state index < -0.39 is 0 Å². The van der Waals surface area contributed by atoms with Crippen LogP contribution in [0.1, 0.15) is 17.4 Å². The minimum absolute atomic E-state index is 0.0552. The van der Waals surface area contributed by atoms with Gasteiger partial charge in [0.1, 0.15) is 11.5 Å². The van der Waals surface area contributed by atoms with Crippen molar-refractivity contribution in [1.29, 1.82) is 0 Å². The third-order valence-electron chi connectivity index (χ3n) is 3.94. The summed E-state index contributed by atoms with van der Waals surface area (Å²) in [5, 5.41) is 4.25. The van der Waals surface area contributed by atoms with Crippen molar-refractivity contribution < 1.29 is 9.18 Å². The smallest absolute Gasteiger partial charge is 0.274 e. The Morgan fingerprint density at radius 3 is 2.55 bits per heavy atom. The number of anilines is 1. The van der Waals surface area contributed by atoms with Crippen LogP contribution in [0.4, 0.5) is 10.1 Å². The van der Waals surface area contributed by atoms with Crippen LogP contribution in [0.3, 0.4) is 0 Å². The zero-order chi connectivity index (χ0) is 15.5. The van der Waals surface area contributed by atoms with Crippen molar-refractivity contribution in [2.75, 3.05) is 31.1 Å². The maximum Gasteiger partial charge on any atom is 0.274 e. The standard InChI is InChI=1S/C16H19FN4O/c1-2-21-8-7-14(18-21)16(22)20-11-9-19(10-12-20)15-6-4-3-5-13(15)17/h3-8H,2,9-12H2,1H3. The Hall–Kier alpha value is -2.37. The maximum atomic E-state index is 13.8. The van der Waals surface area contributed by atoms with Gasteiger partial charge in [0.25, 0.3) is 5.91 Å². The van der Waals surface area contributed by atoms with Crippen LogP contribution in [0.15, 0.2) is 36.5 Å². The number of hydrogen-bond acceptors (Lipinski definition) is 3. The van der Waals surface area contributed by atoms with Gasteiger partial charge in [-0.05, 0) is 25.1 Å². The molecule has 0 N–H and O–H groups in total. The molecule has 0 radical (unpaired) electrons. The molecule has 1 saturated heterocycles. The predicted molar refractivity (Wildman–Crippen MR) is 82.4 cm³/mol. The average Bonchev–Trinajstić information content (AvgIpc) is 3.04. The van der Waals surface area contributed by atoms with Crippen molar-refractivity contribution in [3.05, 3.63) is 48.0 Å². The number of hydrogen-bond donors (Lipinski definition) is 0. The van der Waals surface area contributed by atoms with E-state index >= 15 is 0 Å². The van der Waals surface area contributed by atoms with Crippen molar-refractivity contribution in [2.24, 2.45) is 0 Å². The van der Waals surface area contributed by atoms with Crippen molar-refractivity contribution in [3.63, 3.8) is 0 Å². The van der Waals surface area contributed by atoms with Gasteiger partial charge in [0.15, 0.2) is 0 Å². The van der Waals surface area contributed by atoms with Gasteiger partial charge < -0.3 is 9.80 Å². The Morgan fingerprint density at radius 2 is 1.91 bits per heavy atom. The van der Waals surface area contributed by atoms with E-state index in [-0.39, 0.29) is 11.7 Å². The Labute approximate surface area is 128 Å². The zero-order valence-electron chi connectivity index (χ0n) is 12.6. The van der Waals surface area contributed by atoms with Crippen molar-refractivity contribution in [2.45, 2.75) is 13.5 Å². The molecule has 1 aromatic carbocycles. The molecule has 0 unspecified atom stereocenters. The molecular formula is C16H19FN4O. The third-order valence-corrected chi connectivity index (χ3v) is 3.94. The summed E-state index contributed by atoms with van der Waals surface area (Å²) in [6.07, 6.45) is 1.81. The topological polar surface area (TPSA) is 41.4 Å². The fraction of sp³-hybridized carbons (Fsp3) is 0.375. The van der Waals surface area contributed by atoms with E-state index in [9.17, 15) is 9.18 Å². The van der Waals surface area contributed by atoms with Crippen LogP contribution in [0.5, 0.6) is 0 Å². The maximum absolute atomic E-state index is 13.8. The number of aryl methyl sites for hydroxylation is 1. The van der Waals surface area contributed by atoms with E-state index in [1.165, 1.54) is 6.07 Å². The van der Waals surface area contributed by atoms with Crippen LogP contribution in [0.2, 0.25) is 0 Å². The second-order valence-electron chi connectivity index (χ2n) is 5.29. The van der Waals surface area contributed by atoms with E-state index in [0.29, 0.717) is 37.6 Å². The van der Waals surface area contributed by atoms with Crippen molar-refractivity contribution in [3.8, 4) is 0 Å². The predicted octanol–water partition coefficient (Wildman–Crippen LogP) is 2.00. The first-order chi connectivity index (χ1) is 10.7. The lowest BCUT2D eigenvalue weighted by Crippen LogP contribution is -2.49. The SMILES string of the molecule is CCn1ccc(C(=O)N2CCN(c3ccccc3F)CC2)n1. The normalized spacial score (nSPS) is 15.2. The highest BCUT2D eigenvalue weighted by molar-refractivity contribution is 5.92. The second kappa shape index (κ2) is 6.17. The number of halogens is 1. The highest BCUT2D eigenvalue weighted by Crippen LogP contribution is 2.20. The number of benzene rings is 1. The number of aromatic nitrogens is 2. The van der Waals surface area contributed by atoms with Crippen LogP contribution in [0.25, 0.3) is 0 Å². The molecule has 0 aliphatic carbocycles. The van der Waals surface area contributed by atoms with Gasteiger partial charge in [-0.1, -0.05) is 12.1 Å². The molecule has 1 aromatic heterocycles. The molecule has 0 saturated carbocycles. The van der Waals surface area contributed by atoms with Crippen molar-refractivity contribution >= 4 is 11.6 Å². The summed E-state index contributed by atoms with van der Waals surface area (Å²) in [7, 11) is 0. The molecule has 1 fully saturated rings. The molecule has 0 spiro atoms. The molecule has 0 atom stereocenters. The van der Waals surface area contributed by atoms with Gasteiger partial charge in [-0.2, -0.15) is 5.10 Å². The number of piperazine rings is 1. The Bertz CT molecular complexity index is 662. The molecule has 2 heterocycles. The lowest BCUT2D eigenvalue weighted by molar-refractivity contribution is 0.0740. The largest absolute Gasteiger partial charge is 0.366 e. The minimum atomic E-state index is -0.219. The van der Waals surface area contributed by atoms with Crippen LogP contribution >= 0.6 is 0 Å². The van der Waals surface area contributed by atoms with E-state index in [1.54, 1.807) is 27.8 Å². The van der Waals surface area contributed by atoms with Crippen LogP contribution < -0.4 is 4.90 Å². The van der Waals surface area contributed by atoms with Crippen LogP contribution in [0, 0.1) is 5.82 Å². The number of carbonyl (C=O) groups excluding carboxylic acids is 1. The number of carbonyl (C=O) groups is 1. The van der Waals surface area contributed by atoms with Crippen LogP contribution in [-0.2, 0) is 6.54 Å². The van der Waals surface area contributed by atoms with Gasteiger partial charge in [0, 0.05) is 38.9 Å². The molecule has 2 aromatic rings. The van der Waals surface area contributed by atoms with Gasteiger partial charge in [0.05, 0.1) is 5.69 Å². The van der Waals surface area contributed by atoms with Gasteiger partial charge >= 0.3 is 0 Å². The number of rotatable bonds is 3. The fourth-order valence-electron chi connectivity index (χ4n) is 2.67. The summed E-state index contributed by atoms with van der Waals surface area (Å²) < 4.78 is 15.5. The molecule has 1 amide bonds. The molecule has 5 nitrogen and oxygen atoms in total. The highest BCUT2D eigenvalue weighted by Gasteiger charge is 2.24. The molecule has 1 aliphatic rings. The van der Waals surface area contributed by atoms with E-state index in [1.807, 2.05) is 24.1 Å². The molecule has 3 rings (SSSR count). The monoisotopic (exact) mass is 302 g/mol. The third kappa shape index (κ3) is 2.81. The Kier molecular flexibility index (Phi) is 4.09. The van der Waals surface area contributed by atoms with E-state index in [2.05, 4.69) is 5.10 Å². The van der Waals surface area contributed by atoms with Gasteiger partial charge in [0.2, 0.25) is 0 Å². The lowest BCUT2D eigenvalue weighted by atomic mass is 10.2. The molecule has 116 valence electrons. The second-order valence-corrected chi connectivity index (χ2v) is 5.29. The summed E-state index contributed by atoms with van der Waals surface area (Å²) >= 11 is 0. The molecule has 22 heavy (non-hydrogen) atoms. The first-order valence-corrected chi connectivity index (χ1v) is 7.51. The fourth-order valence-corrected chi connectivity index (χ4v) is 2.67. The highest BCUT2D eigenvalue weighted by atomic mass is 19.1. The number of amides is 1. The first kappa shape index (κ1) is 14.6. The summed E-state index contributed by atoms with van der Waals surface area (Å²) in [6, 6.07) is 8.49. The van der Waals surface area contributed by atoms with E-state index in [0.717, 1.165) is 6.54 Å². The number of para-hydroxylation sites is 1. The summed E-state index contributed by atoms with van der Waals surface area (Å²) in [6.45, 7) is 5.13. The average molecular weight is 302 g/mol. The zero-order valence-corrected chi connectivity index (χ0v) is 12.6. The van der Waals surface area contributed by atoms with Crippen LogP contribution in [-0.4, -0.2) is 46.8 Å². The number of nitrogens with zero attached hydrogens (tertiary/aromatic N) is 4. The summed E-state index contributed by atoms with van der Waals surface area (Å²) in [5.41, 5.74) is 1.08. The van der Waals surface area contributed by atoms with Gasteiger partial charge in [-0.25, -0.2) is 4.39 Å². The van der Waals surface area contributed by atoms with Gasteiger partial charge in [-0.15, -0.1) is 0 Å². The Balaban J connectivity index is 1.64. The lowest BCUT2D eigenvalue weighted by Gasteiger charge is -2.35. The molecule has 1 aliphatic heterocycles. The molecule has 6 heteroatoms. The van der Waals surface area contributed by atoms with E-state index in [4.69, 9.17) is 0 Å². The minimum Gasteiger partial charge on any atom is -0.366 e. The Morgan fingerprint density at radius 1 is 1.18 bits per heavy atom. The van der Waals surface area contributed by atoms with Gasteiger partial charge in [-0.3, -0.25) is 9.48 Å². The van der Waals surface area contributed by atoms with Crippen molar-refractivity contribution in [1.82, 2.24) is 14.7 Å².